The molecule has 0 bridgehead atoms. The number of aliphatic hydroxyl groups excluding tert-OH is 2. The number of benzene rings is 1. The zero-order valence-corrected chi connectivity index (χ0v) is 11.6. The molecule has 0 radical (unpaired) electrons. The Hall–Kier alpha value is -1.36. The second-order valence-electron chi connectivity index (χ2n) is 4.92. The van der Waals surface area contributed by atoms with E-state index < -0.39 is 6.10 Å². The Kier molecular flexibility index (Phi) is 4.58. The number of hydrogen-bond acceptors (Lipinski definition) is 3. The minimum atomic E-state index is -0.458. The van der Waals surface area contributed by atoms with Gasteiger partial charge in [0, 0.05) is 29.7 Å². The van der Waals surface area contributed by atoms with E-state index >= 15 is 0 Å². The summed E-state index contributed by atoms with van der Waals surface area (Å²) in [6.45, 7) is 5.87. The monoisotopic (exact) mass is 262 g/mol. The summed E-state index contributed by atoms with van der Waals surface area (Å²) in [7, 11) is 0. The molecule has 4 nitrogen and oxygen atoms in total. The summed E-state index contributed by atoms with van der Waals surface area (Å²) in [5.74, 6) is 0. The Morgan fingerprint density at radius 3 is 2.74 bits per heavy atom. The van der Waals surface area contributed by atoms with Crippen molar-refractivity contribution >= 4 is 10.9 Å². The van der Waals surface area contributed by atoms with Crippen molar-refractivity contribution in [2.75, 3.05) is 19.7 Å². The van der Waals surface area contributed by atoms with E-state index in [0.717, 1.165) is 0 Å². The lowest BCUT2D eigenvalue weighted by molar-refractivity contribution is 0.149. The van der Waals surface area contributed by atoms with Crippen LogP contribution >= 0.6 is 0 Å². The van der Waals surface area contributed by atoms with Gasteiger partial charge in [0.2, 0.25) is 0 Å². The van der Waals surface area contributed by atoms with Crippen LogP contribution in [0.2, 0.25) is 0 Å². The van der Waals surface area contributed by atoms with Crippen LogP contribution in [0.15, 0.2) is 24.3 Å². The van der Waals surface area contributed by atoms with Crippen molar-refractivity contribution in [1.82, 2.24) is 9.88 Å². The Morgan fingerprint density at radius 1 is 1.26 bits per heavy atom. The normalized spacial score (nSPS) is 13.1. The molecule has 0 saturated heterocycles. The second kappa shape index (κ2) is 6.19. The van der Waals surface area contributed by atoms with Gasteiger partial charge in [0.05, 0.1) is 19.3 Å². The van der Waals surface area contributed by atoms with Gasteiger partial charge in [-0.25, -0.2) is 0 Å². The third-order valence-corrected chi connectivity index (χ3v) is 3.61. The van der Waals surface area contributed by atoms with Gasteiger partial charge in [0.1, 0.15) is 0 Å². The molecule has 4 heteroatoms. The largest absolute Gasteiger partial charge is 0.395 e. The molecule has 1 heterocycles. The number of rotatable bonds is 6. The molecule has 0 spiro atoms. The molecule has 0 aliphatic rings. The molecule has 1 aromatic heterocycles. The van der Waals surface area contributed by atoms with E-state index in [-0.39, 0.29) is 6.61 Å². The molecule has 1 aromatic carbocycles. The molecule has 0 aliphatic heterocycles. The Labute approximate surface area is 113 Å². The third-order valence-electron chi connectivity index (χ3n) is 3.61. The Morgan fingerprint density at radius 2 is 2.00 bits per heavy atom. The number of hydrogen-bond donors (Lipinski definition) is 3. The number of aromatic nitrogens is 1. The van der Waals surface area contributed by atoms with Crippen LogP contribution in [-0.4, -0.2) is 40.6 Å². The van der Waals surface area contributed by atoms with Gasteiger partial charge in [-0.3, -0.25) is 0 Å². The fourth-order valence-electron chi connectivity index (χ4n) is 2.46. The van der Waals surface area contributed by atoms with Gasteiger partial charge in [0.15, 0.2) is 0 Å². The lowest BCUT2D eigenvalue weighted by Gasteiger charge is -2.15. The minimum absolute atomic E-state index is 0.0946. The van der Waals surface area contributed by atoms with E-state index in [4.69, 9.17) is 5.11 Å². The van der Waals surface area contributed by atoms with Crippen molar-refractivity contribution in [2.24, 2.45) is 0 Å². The van der Waals surface area contributed by atoms with Crippen molar-refractivity contribution < 1.29 is 10.2 Å². The first-order valence-corrected chi connectivity index (χ1v) is 6.69. The van der Waals surface area contributed by atoms with E-state index in [9.17, 15) is 5.11 Å². The number of fused-ring (bicyclic) bond motifs is 1. The maximum atomic E-state index is 10.1. The predicted molar refractivity (Wildman–Crippen MR) is 77.4 cm³/mol. The molecular formula is C15H22N2O2. The SMILES string of the molecule is Cc1c(C)n(CC(O)CNCCO)c2ccccc12. The number of nitrogens with zero attached hydrogens (tertiary/aromatic N) is 1. The molecule has 1 atom stereocenters. The van der Waals surface area contributed by atoms with E-state index in [0.29, 0.717) is 19.6 Å². The lowest BCUT2D eigenvalue weighted by atomic mass is 10.2. The zero-order valence-electron chi connectivity index (χ0n) is 11.6. The number of aliphatic hydroxyl groups is 2. The maximum absolute atomic E-state index is 10.1. The first-order valence-electron chi connectivity index (χ1n) is 6.69. The van der Waals surface area contributed by atoms with Crippen LogP contribution < -0.4 is 5.32 Å². The van der Waals surface area contributed by atoms with Crippen molar-refractivity contribution in [2.45, 2.75) is 26.5 Å². The molecule has 0 fully saturated rings. The molecule has 104 valence electrons. The van der Waals surface area contributed by atoms with Gasteiger partial charge >= 0.3 is 0 Å². The van der Waals surface area contributed by atoms with Crippen LogP contribution in [0, 0.1) is 13.8 Å². The highest BCUT2D eigenvalue weighted by molar-refractivity contribution is 5.85. The van der Waals surface area contributed by atoms with Gasteiger partial charge in [-0.2, -0.15) is 0 Å². The van der Waals surface area contributed by atoms with Crippen LogP contribution in [0.5, 0.6) is 0 Å². The van der Waals surface area contributed by atoms with Crippen LogP contribution in [0.25, 0.3) is 10.9 Å². The van der Waals surface area contributed by atoms with Gasteiger partial charge in [-0.05, 0) is 25.5 Å². The fraction of sp³-hybridized carbons (Fsp3) is 0.467. The van der Waals surface area contributed by atoms with Crippen LogP contribution in [0.4, 0.5) is 0 Å². The highest BCUT2D eigenvalue weighted by atomic mass is 16.3. The summed E-state index contributed by atoms with van der Waals surface area (Å²) in [6, 6.07) is 8.26. The van der Waals surface area contributed by atoms with Crippen molar-refractivity contribution in [3.05, 3.63) is 35.5 Å². The topological polar surface area (TPSA) is 57.4 Å². The summed E-state index contributed by atoms with van der Waals surface area (Å²) < 4.78 is 2.16. The summed E-state index contributed by atoms with van der Waals surface area (Å²) in [5.41, 5.74) is 3.63. The highest BCUT2D eigenvalue weighted by Crippen LogP contribution is 2.24. The van der Waals surface area contributed by atoms with Crippen molar-refractivity contribution in [3.63, 3.8) is 0 Å². The van der Waals surface area contributed by atoms with E-state index in [1.807, 2.05) is 12.1 Å². The van der Waals surface area contributed by atoms with Gasteiger partial charge < -0.3 is 20.1 Å². The Balaban J connectivity index is 2.18. The van der Waals surface area contributed by atoms with Gasteiger partial charge in [-0.15, -0.1) is 0 Å². The molecule has 0 saturated carbocycles. The molecule has 19 heavy (non-hydrogen) atoms. The zero-order chi connectivity index (χ0) is 13.8. The standard InChI is InChI=1S/C15H22N2O2/c1-11-12(2)17(10-13(19)9-16-7-8-18)15-6-4-3-5-14(11)15/h3-6,13,16,18-19H,7-10H2,1-2H3. The van der Waals surface area contributed by atoms with Crippen molar-refractivity contribution in [3.8, 4) is 0 Å². The molecule has 0 aliphatic carbocycles. The number of para-hydroxylation sites is 1. The highest BCUT2D eigenvalue weighted by Gasteiger charge is 2.13. The number of nitrogens with one attached hydrogen (secondary N) is 1. The summed E-state index contributed by atoms with van der Waals surface area (Å²) in [6.07, 6.45) is -0.458. The average molecular weight is 262 g/mol. The van der Waals surface area contributed by atoms with Crippen LogP contribution in [0.3, 0.4) is 0 Å². The number of aryl methyl sites for hydroxylation is 1. The molecule has 2 aromatic rings. The van der Waals surface area contributed by atoms with E-state index in [1.165, 1.54) is 22.2 Å². The summed E-state index contributed by atoms with van der Waals surface area (Å²) >= 11 is 0. The maximum Gasteiger partial charge on any atom is 0.0843 e. The minimum Gasteiger partial charge on any atom is -0.395 e. The molecule has 2 rings (SSSR count). The fourth-order valence-corrected chi connectivity index (χ4v) is 2.46. The van der Waals surface area contributed by atoms with Crippen molar-refractivity contribution in [1.29, 1.82) is 0 Å². The van der Waals surface area contributed by atoms with Gasteiger partial charge in [0.25, 0.3) is 0 Å². The average Bonchev–Trinajstić information content (AvgIpc) is 2.65. The molecule has 0 amide bonds. The van der Waals surface area contributed by atoms with Crippen LogP contribution in [-0.2, 0) is 6.54 Å². The summed E-state index contributed by atoms with van der Waals surface area (Å²) in [4.78, 5) is 0. The Bertz CT molecular complexity index is 548. The van der Waals surface area contributed by atoms with Crippen LogP contribution in [0.1, 0.15) is 11.3 Å². The predicted octanol–water partition coefficient (Wildman–Crippen LogP) is 1.20. The first kappa shape index (κ1) is 14.1. The molecule has 3 N–H and O–H groups in total. The molecular weight excluding hydrogens is 240 g/mol. The van der Waals surface area contributed by atoms with E-state index in [1.54, 1.807) is 0 Å². The van der Waals surface area contributed by atoms with Gasteiger partial charge in [-0.1, -0.05) is 18.2 Å². The summed E-state index contributed by atoms with van der Waals surface area (Å²) in [5, 5.41) is 23.0. The first-order chi connectivity index (χ1) is 9.15. The lowest BCUT2D eigenvalue weighted by Crippen LogP contribution is -2.32. The van der Waals surface area contributed by atoms with E-state index in [2.05, 4.69) is 35.9 Å². The smallest absolute Gasteiger partial charge is 0.0843 e. The quantitative estimate of drug-likeness (QED) is 0.686. The third kappa shape index (κ3) is 2.97. The molecule has 1 unspecified atom stereocenters. The second-order valence-corrected chi connectivity index (χ2v) is 4.92.